The highest BCUT2D eigenvalue weighted by atomic mass is 31.2. The molecule has 1 fully saturated rings. The molecule has 0 amide bonds. The van der Waals surface area contributed by atoms with Crippen LogP contribution in [0.25, 0.3) is 0 Å². The number of epoxide rings is 1. The number of likely N-dealkylation sites (N-methyl/N-ethyl adjacent to an activating group) is 1. The number of hydrogen-bond donors (Lipinski definition) is 1. The van der Waals surface area contributed by atoms with Gasteiger partial charge in [0.05, 0.1) is 40.0 Å². The van der Waals surface area contributed by atoms with Crippen molar-refractivity contribution in [3.8, 4) is 0 Å². The van der Waals surface area contributed by atoms with Crippen molar-refractivity contribution in [3.63, 3.8) is 0 Å². The van der Waals surface area contributed by atoms with E-state index >= 15 is 0 Å². The maximum atomic E-state index is 12.7. The van der Waals surface area contributed by atoms with Gasteiger partial charge in [-0.25, -0.2) is 4.57 Å². The number of hydrogen-bond acceptors (Lipinski definition) is 8. The fourth-order valence-electron chi connectivity index (χ4n) is 5.83. The van der Waals surface area contributed by atoms with Crippen LogP contribution in [0.4, 0.5) is 0 Å². The summed E-state index contributed by atoms with van der Waals surface area (Å²) in [6.07, 6.45) is 43.0. The van der Waals surface area contributed by atoms with Gasteiger partial charge in [0.15, 0.2) is 6.10 Å². The van der Waals surface area contributed by atoms with Gasteiger partial charge >= 0.3 is 19.8 Å². The van der Waals surface area contributed by atoms with E-state index in [0.717, 1.165) is 57.8 Å². The van der Waals surface area contributed by atoms with Gasteiger partial charge in [-0.2, -0.15) is 0 Å². The number of esters is 2. The van der Waals surface area contributed by atoms with Crippen molar-refractivity contribution in [2.45, 2.75) is 173 Å². The Morgan fingerprint density at radius 1 is 0.649 bits per heavy atom. The Morgan fingerprint density at radius 3 is 1.84 bits per heavy atom. The van der Waals surface area contributed by atoms with Gasteiger partial charge in [-0.05, 0) is 77.0 Å². The van der Waals surface area contributed by atoms with Crippen LogP contribution in [-0.4, -0.2) is 87.1 Å². The number of carbonyl (C=O) groups excluding carboxylic acids is 2. The second-order valence-electron chi connectivity index (χ2n) is 16.1. The van der Waals surface area contributed by atoms with E-state index in [-0.39, 0.29) is 26.1 Å². The van der Waals surface area contributed by atoms with Crippen molar-refractivity contribution >= 4 is 19.8 Å². The predicted molar refractivity (Wildman–Crippen MR) is 233 cm³/mol. The summed E-state index contributed by atoms with van der Waals surface area (Å²) in [7, 11) is 1.42. The van der Waals surface area contributed by atoms with Crippen molar-refractivity contribution in [1.82, 2.24) is 0 Å². The first-order valence-electron chi connectivity index (χ1n) is 22.1. The minimum Gasteiger partial charge on any atom is -0.462 e. The Morgan fingerprint density at radius 2 is 1.19 bits per heavy atom. The van der Waals surface area contributed by atoms with Crippen LogP contribution >= 0.6 is 7.82 Å². The van der Waals surface area contributed by atoms with Gasteiger partial charge in [-0.3, -0.25) is 18.6 Å². The van der Waals surface area contributed by atoms with Gasteiger partial charge in [0, 0.05) is 12.8 Å². The van der Waals surface area contributed by atoms with Gasteiger partial charge in [0.2, 0.25) is 0 Å². The number of rotatable bonds is 38. The molecule has 0 aromatic heterocycles. The summed E-state index contributed by atoms with van der Waals surface area (Å²) >= 11 is 0. The van der Waals surface area contributed by atoms with Crippen LogP contribution in [0.1, 0.15) is 155 Å². The highest BCUT2D eigenvalue weighted by Gasteiger charge is 2.36. The zero-order valence-corrected chi connectivity index (χ0v) is 37.4. The van der Waals surface area contributed by atoms with E-state index < -0.39 is 32.5 Å². The van der Waals surface area contributed by atoms with Crippen LogP contribution in [-0.2, 0) is 37.4 Å². The topological polar surface area (TPSA) is 121 Å². The van der Waals surface area contributed by atoms with Crippen LogP contribution in [0.2, 0.25) is 0 Å². The van der Waals surface area contributed by atoms with Gasteiger partial charge in [-0.1, -0.05) is 126 Å². The number of allylic oxidation sites excluding steroid dienone is 9. The molecule has 10 nitrogen and oxygen atoms in total. The van der Waals surface area contributed by atoms with Gasteiger partial charge in [-0.15, -0.1) is 0 Å². The van der Waals surface area contributed by atoms with E-state index in [2.05, 4.69) is 68.5 Å². The fraction of sp³-hybridized carbons (Fsp3) is 0.739. The number of carbonyl (C=O) groups is 2. The predicted octanol–water partition coefficient (Wildman–Crippen LogP) is 11.5. The molecule has 1 aliphatic rings. The van der Waals surface area contributed by atoms with E-state index in [4.69, 9.17) is 23.3 Å². The Balaban J connectivity index is 2.34. The molecule has 11 heteroatoms. The van der Waals surface area contributed by atoms with Gasteiger partial charge in [0.1, 0.15) is 19.8 Å². The lowest BCUT2D eigenvalue weighted by Gasteiger charge is -2.24. The van der Waals surface area contributed by atoms with E-state index in [1.54, 1.807) is 0 Å². The second-order valence-corrected chi connectivity index (χ2v) is 17.6. The van der Waals surface area contributed by atoms with Crippen molar-refractivity contribution < 1.29 is 46.8 Å². The average molecular weight is 823 g/mol. The van der Waals surface area contributed by atoms with Crippen LogP contribution < -0.4 is 0 Å². The minimum atomic E-state index is -4.40. The lowest BCUT2D eigenvalue weighted by molar-refractivity contribution is -0.870. The quantitative estimate of drug-likeness (QED) is 0.0162. The molecule has 3 unspecified atom stereocenters. The van der Waals surface area contributed by atoms with E-state index in [9.17, 15) is 19.0 Å². The molecule has 0 aromatic carbocycles. The van der Waals surface area contributed by atoms with Gasteiger partial charge < -0.3 is 23.6 Å². The zero-order chi connectivity index (χ0) is 41.9. The fourth-order valence-corrected chi connectivity index (χ4v) is 6.58. The first-order chi connectivity index (χ1) is 27.5. The Hall–Kier alpha value is -2.33. The third kappa shape index (κ3) is 35.3. The molecule has 1 saturated heterocycles. The highest BCUT2D eigenvalue weighted by molar-refractivity contribution is 7.47. The summed E-state index contributed by atoms with van der Waals surface area (Å²) in [6, 6.07) is 0. The summed E-state index contributed by atoms with van der Waals surface area (Å²) in [5.74, 6) is -0.890. The lowest BCUT2D eigenvalue weighted by Crippen LogP contribution is -2.37. The summed E-state index contributed by atoms with van der Waals surface area (Å²) in [5.41, 5.74) is 0. The summed E-state index contributed by atoms with van der Waals surface area (Å²) in [5, 5.41) is 0. The molecule has 0 aromatic rings. The summed E-state index contributed by atoms with van der Waals surface area (Å²) < 4.78 is 40.0. The molecule has 4 atom stereocenters. The van der Waals surface area contributed by atoms with E-state index in [1.807, 2.05) is 27.2 Å². The molecule has 0 bridgehead atoms. The summed E-state index contributed by atoms with van der Waals surface area (Å²) in [4.78, 5) is 35.4. The molecule has 0 saturated carbocycles. The zero-order valence-electron chi connectivity index (χ0n) is 36.5. The normalized spacial score (nSPS) is 17.7. The molecule has 0 aliphatic carbocycles. The smallest absolute Gasteiger partial charge is 0.462 e. The number of unbranched alkanes of at least 4 members (excludes halogenated alkanes) is 11. The largest absolute Gasteiger partial charge is 0.472 e. The minimum absolute atomic E-state index is 0.0144. The van der Waals surface area contributed by atoms with Crippen molar-refractivity contribution in [1.29, 1.82) is 0 Å². The molecule has 1 aliphatic heterocycles. The SMILES string of the molecule is CCCCC/C=C\C/C=C\CCCCCCCC(=O)OC[C@H](COP(=O)(O)OCC[N+](C)(C)C)OC(=O)CCC/C=C\C/C=C\C/C=C\CC1OC1CCCCC. The van der Waals surface area contributed by atoms with Crippen molar-refractivity contribution in [3.05, 3.63) is 60.8 Å². The second kappa shape index (κ2) is 34.5. The molecular weight excluding hydrogens is 741 g/mol. The Bertz CT molecular complexity index is 1220. The first kappa shape index (κ1) is 52.7. The number of phosphoric acid groups is 1. The molecular formula is C46H81NO9P+. The van der Waals surface area contributed by atoms with Crippen LogP contribution in [0.3, 0.4) is 0 Å². The van der Waals surface area contributed by atoms with Crippen LogP contribution in [0.5, 0.6) is 0 Å². The van der Waals surface area contributed by atoms with Crippen LogP contribution in [0.15, 0.2) is 60.8 Å². The maximum Gasteiger partial charge on any atom is 0.472 e. The standard InChI is InChI=1S/C46H80NO9P/c1-6-8-10-11-12-13-14-15-16-17-18-22-25-28-32-36-45(48)52-40-42(41-54-57(50,51)53-39-38-47(3,4)5)55-46(49)37-33-29-26-23-20-19-21-24-27-31-35-44-43(56-44)34-30-9-7-2/h12-13,15-16,19,21,23,26-27,31,42-44H,6-11,14,17-18,20,22,24-25,28-30,32-41H2,1-5H3/p+1/b13-12-,16-15-,21-19-,26-23-,31-27-/t42-,43?,44?/m1/s1. The van der Waals surface area contributed by atoms with Crippen LogP contribution in [0, 0.1) is 0 Å². The van der Waals surface area contributed by atoms with Crippen molar-refractivity contribution in [2.24, 2.45) is 0 Å². The number of ether oxygens (including phenoxy) is 3. The Kier molecular flexibility index (Phi) is 31.9. The maximum absolute atomic E-state index is 12.7. The molecule has 1 rings (SSSR count). The van der Waals surface area contributed by atoms with Gasteiger partial charge in [0.25, 0.3) is 0 Å². The molecule has 1 heterocycles. The number of phosphoric ester groups is 1. The van der Waals surface area contributed by atoms with E-state index in [0.29, 0.717) is 42.5 Å². The number of nitrogens with zero attached hydrogens (tertiary/aromatic N) is 1. The third-order valence-electron chi connectivity index (χ3n) is 9.44. The molecule has 0 spiro atoms. The lowest BCUT2D eigenvalue weighted by atomic mass is 10.1. The van der Waals surface area contributed by atoms with E-state index in [1.165, 1.54) is 51.4 Å². The third-order valence-corrected chi connectivity index (χ3v) is 10.4. The molecule has 0 radical (unpaired) electrons. The van der Waals surface area contributed by atoms with Crippen molar-refractivity contribution in [2.75, 3.05) is 47.5 Å². The molecule has 1 N–H and O–H groups in total. The number of quaternary nitrogens is 1. The monoisotopic (exact) mass is 823 g/mol. The summed E-state index contributed by atoms with van der Waals surface area (Å²) in [6.45, 7) is 4.26. The average Bonchev–Trinajstić information content (AvgIpc) is 3.91. The first-order valence-corrected chi connectivity index (χ1v) is 23.6. The highest BCUT2D eigenvalue weighted by Crippen LogP contribution is 2.43. The Labute approximate surface area is 347 Å². The molecule has 328 valence electrons. The molecule has 57 heavy (non-hydrogen) atoms.